The molecule has 36 heavy (non-hydrogen) atoms. The Labute approximate surface area is 203 Å². The second-order valence-corrected chi connectivity index (χ2v) is 9.59. The van der Waals surface area contributed by atoms with Gasteiger partial charge in [-0.1, -0.05) is 6.07 Å². The number of nitriles is 1. The lowest BCUT2D eigenvalue weighted by atomic mass is 9.95. The molecule has 3 aliphatic rings. The molecule has 2 aromatic rings. The smallest absolute Gasteiger partial charge is 0.270 e. The highest BCUT2D eigenvalue weighted by molar-refractivity contribution is 5.98. The van der Waals surface area contributed by atoms with Gasteiger partial charge in [0.1, 0.15) is 28.9 Å². The fourth-order valence-corrected chi connectivity index (χ4v) is 4.70. The number of hydrogen-bond donors (Lipinski definition) is 1. The summed E-state index contributed by atoms with van der Waals surface area (Å²) < 4.78 is 41.8. The second-order valence-electron chi connectivity index (χ2n) is 9.59. The summed E-state index contributed by atoms with van der Waals surface area (Å²) in [6, 6.07) is 8.17. The summed E-state index contributed by atoms with van der Waals surface area (Å²) in [6.45, 7) is 0.156. The summed E-state index contributed by atoms with van der Waals surface area (Å²) in [7, 11) is 0. The first-order valence-corrected chi connectivity index (χ1v) is 11.5. The van der Waals surface area contributed by atoms with Crippen LogP contribution in [0.5, 0.6) is 0 Å². The van der Waals surface area contributed by atoms with Crippen molar-refractivity contribution in [3.8, 4) is 6.07 Å². The van der Waals surface area contributed by atoms with Crippen LogP contribution in [0.1, 0.15) is 51.2 Å². The minimum atomic E-state index is -2.95. The van der Waals surface area contributed by atoms with Crippen molar-refractivity contribution >= 4 is 17.6 Å². The van der Waals surface area contributed by atoms with Crippen LogP contribution in [0.4, 0.5) is 13.2 Å². The second kappa shape index (κ2) is 8.33. The molecule has 2 amide bonds. The van der Waals surface area contributed by atoms with Gasteiger partial charge < -0.3 is 14.8 Å². The molecule has 0 bridgehead atoms. The van der Waals surface area contributed by atoms with Gasteiger partial charge in [0.05, 0.1) is 11.5 Å². The Morgan fingerprint density at radius 3 is 2.47 bits per heavy atom. The lowest BCUT2D eigenvalue weighted by molar-refractivity contribution is -0.128. The molecule has 8 nitrogen and oxygen atoms in total. The summed E-state index contributed by atoms with van der Waals surface area (Å²) in [5.41, 5.74) is -1.47. The molecule has 2 fully saturated rings. The molecule has 2 heterocycles. The monoisotopic (exact) mass is 498 g/mol. The first-order chi connectivity index (χ1) is 17.1. The third kappa shape index (κ3) is 4.06. The first-order valence-electron chi connectivity index (χ1n) is 11.5. The van der Waals surface area contributed by atoms with Crippen LogP contribution in [-0.2, 0) is 17.9 Å². The van der Waals surface area contributed by atoms with Gasteiger partial charge in [-0.3, -0.25) is 19.2 Å². The minimum Gasteiger partial charge on any atom is -0.348 e. The number of halogens is 3. The summed E-state index contributed by atoms with van der Waals surface area (Å²) in [5, 5.41) is 11.3. The van der Waals surface area contributed by atoms with Gasteiger partial charge in [0, 0.05) is 38.0 Å². The van der Waals surface area contributed by atoms with E-state index < -0.39 is 52.7 Å². The number of hydrogen-bond acceptors (Lipinski definition) is 5. The number of aromatic nitrogens is 1. The average Bonchev–Trinajstić information content (AvgIpc) is 3.76. The van der Waals surface area contributed by atoms with Gasteiger partial charge in [-0.2, -0.15) is 5.26 Å². The summed E-state index contributed by atoms with van der Waals surface area (Å²) >= 11 is 0. The molecule has 0 unspecified atom stereocenters. The van der Waals surface area contributed by atoms with E-state index in [1.807, 2.05) is 0 Å². The zero-order chi connectivity index (χ0) is 25.8. The highest BCUT2D eigenvalue weighted by atomic mass is 19.3. The van der Waals surface area contributed by atoms with Gasteiger partial charge in [0.2, 0.25) is 0 Å². The number of rotatable bonds is 7. The Morgan fingerprint density at radius 2 is 1.86 bits per heavy atom. The molecule has 0 radical (unpaired) electrons. The standard InChI is InChI=1S/C25H21F3N4O4/c26-18-9-14(1-2-15(18)11-29)12-30-21(34)16-3-4-19-23(36)31(7-8-32(19)22(16)35)13-24(5-6-24)20(33)17-10-25(17,27)28/h1-4,9,17H,5-8,10,12-13H2,(H,30,34)/t17-/m0/s1. The van der Waals surface area contributed by atoms with E-state index in [1.165, 1.54) is 33.7 Å². The third-order valence-corrected chi connectivity index (χ3v) is 7.14. The summed E-state index contributed by atoms with van der Waals surface area (Å²) in [5.74, 6) is -6.64. The molecule has 11 heteroatoms. The predicted molar refractivity (Wildman–Crippen MR) is 119 cm³/mol. The Morgan fingerprint density at radius 1 is 1.14 bits per heavy atom. The van der Waals surface area contributed by atoms with Gasteiger partial charge in [-0.05, 0) is 42.7 Å². The fourth-order valence-electron chi connectivity index (χ4n) is 4.70. The van der Waals surface area contributed by atoms with Crippen molar-refractivity contribution in [2.75, 3.05) is 13.1 Å². The molecule has 0 spiro atoms. The largest absolute Gasteiger partial charge is 0.348 e. The molecule has 1 N–H and O–H groups in total. The maximum absolute atomic E-state index is 13.8. The molecular formula is C25H21F3N4O4. The summed E-state index contributed by atoms with van der Waals surface area (Å²) in [6.07, 6.45) is 0.471. The molecule has 186 valence electrons. The molecule has 2 saturated carbocycles. The minimum absolute atomic E-state index is 0.0365. The highest BCUT2D eigenvalue weighted by Gasteiger charge is 2.67. The van der Waals surface area contributed by atoms with E-state index in [1.54, 1.807) is 6.07 Å². The number of benzene rings is 1. The van der Waals surface area contributed by atoms with Crippen molar-refractivity contribution in [3.05, 3.63) is 68.9 Å². The number of nitrogens with one attached hydrogen (secondary N) is 1. The van der Waals surface area contributed by atoms with Crippen LogP contribution < -0.4 is 10.9 Å². The fraction of sp³-hybridized carbons (Fsp3) is 0.400. The Bertz CT molecular complexity index is 1410. The molecule has 1 aliphatic heterocycles. The van der Waals surface area contributed by atoms with Gasteiger partial charge in [-0.15, -0.1) is 0 Å². The summed E-state index contributed by atoms with van der Waals surface area (Å²) in [4.78, 5) is 52.6. The molecule has 1 aromatic carbocycles. The number of carbonyl (C=O) groups is 3. The van der Waals surface area contributed by atoms with Crippen LogP contribution in [0.3, 0.4) is 0 Å². The molecular weight excluding hydrogens is 477 g/mol. The van der Waals surface area contributed by atoms with Crippen LogP contribution in [0, 0.1) is 28.5 Å². The van der Waals surface area contributed by atoms with Gasteiger partial charge in [-0.25, -0.2) is 13.2 Å². The number of alkyl halides is 2. The number of fused-ring (bicyclic) bond motifs is 1. The van der Waals surface area contributed by atoms with Gasteiger partial charge in [0.25, 0.3) is 23.3 Å². The van der Waals surface area contributed by atoms with Crippen molar-refractivity contribution in [2.24, 2.45) is 11.3 Å². The zero-order valence-corrected chi connectivity index (χ0v) is 19.0. The molecule has 5 rings (SSSR count). The van der Waals surface area contributed by atoms with Crippen molar-refractivity contribution in [2.45, 2.75) is 38.3 Å². The van der Waals surface area contributed by atoms with Gasteiger partial charge >= 0.3 is 0 Å². The number of amides is 2. The Balaban J connectivity index is 1.27. The van der Waals surface area contributed by atoms with Crippen molar-refractivity contribution in [3.63, 3.8) is 0 Å². The van der Waals surface area contributed by atoms with Crippen molar-refractivity contribution in [1.29, 1.82) is 5.26 Å². The van der Waals surface area contributed by atoms with Crippen LogP contribution in [-0.4, -0.2) is 46.1 Å². The first kappa shape index (κ1) is 23.8. The van der Waals surface area contributed by atoms with E-state index in [0.717, 1.165) is 6.07 Å². The normalized spacial score (nSPS) is 20.8. The Kier molecular flexibility index (Phi) is 5.50. The quantitative estimate of drug-likeness (QED) is 0.630. The zero-order valence-electron chi connectivity index (χ0n) is 19.0. The number of Topliss-reactive ketones (excluding diaryl/α,β-unsaturated/α-hetero) is 1. The van der Waals surface area contributed by atoms with Crippen molar-refractivity contribution < 1.29 is 27.6 Å². The number of carbonyl (C=O) groups excluding carboxylic acids is 3. The highest BCUT2D eigenvalue weighted by Crippen LogP contribution is 2.58. The molecule has 0 saturated heterocycles. The topological polar surface area (TPSA) is 112 Å². The van der Waals surface area contributed by atoms with E-state index in [-0.39, 0.29) is 43.0 Å². The van der Waals surface area contributed by atoms with Crippen molar-refractivity contribution in [1.82, 2.24) is 14.8 Å². The molecule has 1 aromatic heterocycles. The van der Waals surface area contributed by atoms with Gasteiger partial charge in [0.15, 0.2) is 0 Å². The van der Waals surface area contributed by atoms with Crippen LogP contribution in [0.15, 0.2) is 35.1 Å². The average molecular weight is 498 g/mol. The maximum Gasteiger partial charge on any atom is 0.270 e. The number of nitrogens with zero attached hydrogens (tertiary/aromatic N) is 3. The molecule has 2 aliphatic carbocycles. The third-order valence-electron chi connectivity index (χ3n) is 7.14. The van der Waals surface area contributed by atoms with E-state index in [9.17, 15) is 32.3 Å². The van der Waals surface area contributed by atoms with E-state index in [0.29, 0.717) is 18.4 Å². The van der Waals surface area contributed by atoms with E-state index >= 15 is 0 Å². The number of pyridine rings is 1. The Hall–Kier alpha value is -3.94. The maximum atomic E-state index is 13.8. The number of ketones is 1. The predicted octanol–water partition coefficient (Wildman–Crippen LogP) is 2.25. The lowest BCUT2D eigenvalue weighted by Gasteiger charge is -2.32. The van der Waals surface area contributed by atoms with E-state index in [2.05, 4.69) is 5.32 Å². The van der Waals surface area contributed by atoms with Crippen LogP contribution in [0.2, 0.25) is 0 Å². The molecule has 1 atom stereocenters. The van der Waals surface area contributed by atoms with Crippen LogP contribution >= 0.6 is 0 Å². The van der Waals surface area contributed by atoms with E-state index in [4.69, 9.17) is 5.26 Å². The lowest BCUT2D eigenvalue weighted by Crippen LogP contribution is -2.48. The SMILES string of the molecule is N#Cc1ccc(CNC(=O)c2ccc3n(c2=O)CCN(CC2(C(=O)[C@@H]4CC4(F)F)CC2)C3=O)cc1F. The van der Waals surface area contributed by atoms with Crippen LogP contribution in [0.25, 0.3) is 0 Å².